The topological polar surface area (TPSA) is 76.9 Å². The lowest BCUT2D eigenvalue weighted by Gasteiger charge is -2.07. The van der Waals surface area contributed by atoms with Gasteiger partial charge >= 0.3 is 0 Å². The fraction of sp³-hybridized carbons (Fsp3) is 0.250. The molecular formula is C12H13ClN4O2S. The van der Waals surface area contributed by atoms with E-state index < -0.39 is 10.8 Å². The van der Waals surface area contributed by atoms with Crippen LogP contribution >= 0.6 is 11.6 Å². The zero-order valence-corrected chi connectivity index (χ0v) is 12.3. The van der Waals surface area contributed by atoms with E-state index in [1.54, 1.807) is 12.1 Å². The Balaban J connectivity index is 1.91. The summed E-state index contributed by atoms with van der Waals surface area (Å²) >= 11 is 5.78. The first kappa shape index (κ1) is 14.7. The van der Waals surface area contributed by atoms with E-state index in [0.29, 0.717) is 11.6 Å². The van der Waals surface area contributed by atoms with E-state index in [4.69, 9.17) is 11.6 Å². The molecule has 0 aliphatic rings. The van der Waals surface area contributed by atoms with E-state index in [0.717, 1.165) is 5.56 Å². The molecule has 1 atom stereocenters. The molecule has 0 radical (unpaired) electrons. The van der Waals surface area contributed by atoms with Crippen molar-refractivity contribution in [1.29, 1.82) is 0 Å². The highest BCUT2D eigenvalue weighted by Gasteiger charge is 2.11. The summed E-state index contributed by atoms with van der Waals surface area (Å²) in [6.07, 6.45) is 2.88. The molecule has 2 rings (SSSR count). The molecule has 1 amide bonds. The summed E-state index contributed by atoms with van der Waals surface area (Å²) in [5.41, 5.74) is 0.950. The molecule has 0 saturated carbocycles. The van der Waals surface area contributed by atoms with Gasteiger partial charge in [-0.2, -0.15) is 0 Å². The van der Waals surface area contributed by atoms with E-state index in [9.17, 15) is 9.00 Å². The lowest BCUT2D eigenvalue weighted by Crippen LogP contribution is -2.27. The van der Waals surface area contributed by atoms with Crippen LogP contribution in [0.3, 0.4) is 0 Å². The maximum atomic E-state index is 11.8. The van der Waals surface area contributed by atoms with Gasteiger partial charge in [0.25, 0.3) is 0 Å². The van der Waals surface area contributed by atoms with Gasteiger partial charge in [-0.1, -0.05) is 23.7 Å². The van der Waals surface area contributed by atoms with Crippen molar-refractivity contribution < 1.29 is 9.00 Å². The fourth-order valence-corrected chi connectivity index (χ4v) is 2.32. The number of hydrogen-bond donors (Lipinski definition) is 1. The van der Waals surface area contributed by atoms with E-state index >= 15 is 0 Å². The number of hydrogen-bond acceptors (Lipinski definition) is 4. The van der Waals surface area contributed by atoms with E-state index in [1.165, 1.54) is 17.2 Å². The molecule has 0 bridgehead atoms. The molecule has 20 heavy (non-hydrogen) atoms. The predicted octanol–water partition coefficient (Wildman–Crippen LogP) is 0.985. The number of nitrogens with zero attached hydrogens (tertiary/aromatic N) is 3. The Morgan fingerprint density at radius 1 is 1.40 bits per heavy atom. The van der Waals surface area contributed by atoms with Gasteiger partial charge in [-0.15, -0.1) is 10.2 Å². The summed E-state index contributed by atoms with van der Waals surface area (Å²) < 4.78 is 12.8. The van der Waals surface area contributed by atoms with Crippen LogP contribution in [0.5, 0.6) is 0 Å². The van der Waals surface area contributed by atoms with E-state index in [-0.39, 0.29) is 17.6 Å². The number of aromatic nitrogens is 3. The predicted molar refractivity (Wildman–Crippen MR) is 75.7 cm³/mol. The van der Waals surface area contributed by atoms with Gasteiger partial charge < -0.3 is 5.32 Å². The molecule has 0 spiro atoms. The van der Waals surface area contributed by atoms with Gasteiger partial charge in [0.05, 0.1) is 10.8 Å². The molecule has 106 valence electrons. The van der Waals surface area contributed by atoms with Gasteiger partial charge in [0.2, 0.25) is 11.1 Å². The number of benzene rings is 1. The second kappa shape index (κ2) is 6.62. The van der Waals surface area contributed by atoms with Crippen molar-refractivity contribution in [3.8, 4) is 0 Å². The fourth-order valence-electron chi connectivity index (χ4n) is 1.59. The van der Waals surface area contributed by atoms with Crippen LogP contribution < -0.4 is 5.32 Å². The Kier molecular flexibility index (Phi) is 4.86. The smallest absolute Gasteiger partial charge is 0.240 e. The second-order valence-corrected chi connectivity index (χ2v) is 5.81. The van der Waals surface area contributed by atoms with Crippen LogP contribution in [0, 0.1) is 0 Å². The zero-order valence-electron chi connectivity index (χ0n) is 10.7. The molecule has 1 heterocycles. The van der Waals surface area contributed by atoms with Gasteiger partial charge in [-0.05, 0) is 17.7 Å². The highest BCUT2D eigenvalue weighted by atomic mass is 35.5. The Morgan fingerprint density at radius 3 is 2.75 bits per heavy atom. The Bertz CT molecular complexity index is 627. The molecule has 1 aromatic heterocycles. The zero-order chi connectivity index (χ0) is 14.5. The number of halogens is 1. The lowest BCUT2D eigenvalue weighted by molar-refractivity contribution is -0.121. The average Bonchev–Trinajstić information content (AvgIpc) is 2.86. The molecule has 0 fully saturated rings. The van der Waals surface area contributed by atoms with Gasteiger partial charge in [-0.25, -0.2) is 0 Å². The highest BCUT2D eigenvalue weighted by Crippen LogP contribution is 2.09. The average molecular weight is 313 g/mol. The second-order valence-electron chi connectivity index (χ2n) is 4.10. The van der Waals surface area contributed by atoms with Crippen LogP contribution in [-0.4, -0.2) is 31.1 Å². The third-order valence-corrected chi connectivity index (χ3v) is 3.64. The van der Waals surface area contributed by atoms with E-state index in [1.807, 2.05) is 12.1 Å². The van der Waals surface area contributed by atoms with Crippen molar-refractivity contribution in [1.82, 2.24) is 20.1 Å². The largest absolute Gasteiger partial charge is 0.350 e. The first-order chi connectivity index (χ1) is 9.56. The lowest BCUT2D eigenvalue weighted by atomic mass is 10.2. The molecule has 1 N–H and O–H groups in total. The van der Waals surface area contributed by atoms with Crippen molar-refractivity contribution in [2.75, 3.05) is 6.26 Å². The molecule has 1 aromatic carbocycles. The molecule has 0 aliphatic heterocycles. The number of nitrogens with one attached hydrogen (secondary N) is 1. The normalized spacial score (nSPS) is 12.1. The molecule has 1 unspecified atom stereocenters. The maximum absolute atomic E-state index is 11.8. The Morgan fingerprint density at radius 2 is 2.10 bits per heavy atom. The minimum Gasteiger partial charge on any atom is -0.350 e. The van der Waals surface area contributed by atoms with Crippen LogP contribution in [-0.2, 0) is 28.7 Å². The summed E-state index contributed by atoms with van der Waals surface area (Å²) in [4.78, 5) is 11.8. The number of rotatable bonds is 5. The van der Waals surface area contributed by atoms with Crippen LogP contribution in [0.2, 0.25) is 5.02 Å². The summed E-state index contributed by atoms with van der Waals surface area (Å²) in [7, 11) is -1.27. The van der Waals surface area contributed by atoms with Crippen LogP contribution in [0.4, 0.5) is 0 Å². The molecule has 6 nitrogen and oxygen atoms in total. The Labute approximate surface area is 123 Å². The summed E-state index contributed by atoms with van der Waals surface area (Å²) in [6.45, 7) is 0.443. The summed E-state index contributed by atoms with van der Waals surface area (Å²) in [6, 6.07) is 7.21. The Hall–Kier alpha value is -1.73. The highest BCUT2D eigenvalue weighted by molar-refractivity contribution is 7.84. The van der Waals surface area contributed by atoms with Crippen molar-refractivity contribution in [3.05, 3.63) is 41.2 Å². The standard InChI is InChI=1S/C12H13ClN4O2S/c1-20(19)12-16-15-8-17(12)7-11(18)14-6-9-2-4-10(13)5-3-9/h2-5,8H,6-7H2,1H3,(H,14,18). The molecule has 0 saturated heterocycles. The number of carbonyl (C=O) groups excluding carboxylic acids is 1. The SMILES string of the molecule is CS(=O)c1nncn1CC(=O)NCc1ccc(Cl)cc1. The minimum absolute atomic E-state index is 0.0372. The summed E-state index contributed by atoms with van der Waals surface area (Å²) in [5.74, 6) is -0.202. The van der Waals surface area contributed by atoms with Crippen LogP contribution in [0.1, 0.15) is 5.56 Å². The minimum atomic E-state index is -1.27. The van der Waals surface area contributed by atoms with Gasteiger partial charge in [0.1, 0.15) is 12.9 Å². The first-order valence-corrected chi connectivity index (χ1v) is 7.72. The number of amides is 1. The van der Waals surface area contributed by atoms with Crippen molar-refractivity contribution in [2.45, 2.75) is 18.2 Å². The number of carbonyl (C=O) groups is 1. The monoisotopic (exact) mass is 312 g/mol. The molecule has 8 heteroatoms. The molecular weight excluding hydrogens is 300 g/mol. The van der Waals surface area contributed by atoms with Crippen molar-refractivity contribution >= 4 is 28.3 Å². The van der Waals surface area contributed by atoms with Crippen LogP contribution in [0.15, 0.2) is 35.7 Å². The maximum Gasteiger partial charge on any atom is 0.240 e. The summed E-state index contributed by atoms with van der Waals surface area (Å²) in [5, 5.41) is 11.1. The van der Waals surface area contributed by atoms with Crippen LogP contribution in [0.25, 0.3) is 0 Å². The van der Waals surface area contributed by atoms with Gasteiger partial charge in [0, 0.05) is 17.8 Å². The van der Waals surface area contributed by atoms with E-state index in [2.05, 4.69) is 15.5 Å². The molecule has 0 aliphatic carbocycles. The van der Waals surface area contributed by atoms with Crippen molar-refractivity contribution in [3.63, 3.8) is 0 Å². The third-order valence-electron chi connectivity index (χ3n) is 2.55. The third kappa shape index (κ3) is 3.88. The van der Waals surface area contributed by atoms with Gasteiger partial charge in [-0.3, -0.25) is 13.6 Å². The van der Waals surface area contributed by atoms with Gasteiger partial charge in [0.15, 0.2) is 0 Å². The quantitative estimate of drug-likeness (QED) is 0.893. The molecule has 2 aromatic rings. The first-order valence-electron chi connectivity index (χ1n) is 5.78. The van der Waals surface area contributed by atoms with Crippen molar-refractivity contribution in [2.24, 2.45) is 0 Å².